The van der Waals surface area contributed by atoms with Gasteiger partial charge in [-0.3, -0.25) is 24.8 Å². The van der Waals surface area contributed by atoms with Gasteiger partial charge < -0.3 is 44.9 Å². The summed E-state index contributed by atoms with van der Waals surface area (Å²) in [6, 6.07) is 8.83. The molecule has 2 aromatic rings. The zero-order valence-electron chi connectivity index (χ0n) is 42.8. The van der Waals surface area contributed by atoms with Crippen molar-refractivity contribution in [1.29, 1.82) is 0 Å². The third-order valence-electron chi connectivity index (χ3n) is 17.8. The maximum Gasteiger partial charge on any atom is 0.351 e. The molecule has 1 saturated carbocycles. The highest BCUT2D eigenvalue weighted by molar-refractivity contribution is 6.33. The van der Waals surface area contributed by atoms with E-state index in [1.54, 1.807) is 43.3 Å². The monoisotopic (exact) mass is 1040 g/mol. The molecule has 3 aliphatic carbocycles. The third kappa shape index (κ3) is 8.99. The molecular formula is C55H70ClN5O13. The van der Waals surface area contributed by atoms with Gasteiger partial charge in [0.1, 0.15) is 23.4 Å². The van der Waals surface area contributed by atoms with Gasteiger partial charge in [-0.25, -0.2) is 19.5 Å². The van der Waals surface area contributed by atoms with Gasteiger partial charge in [0.05, 0.1) is 52.9 Å². The van der Waals surface area contributed by atoms with Crippen molar-refractivity contribution in [1.82, 2.24) is 15.5 Å². The van der Waals surface area contributed by atoms with E-state index < -0.39 is 77.4 Å². The molecule has 7 unspecified atom stereocenters. The first-order valence-electron chi connectivity index (χ1n) is 26.3. The van der Waals surface area contributed by atoms with Gasteiger partial charge in [-0.1, -0.05) is 55.8 Å². The Labute approximate surface area is 436 Å². The number of carbonyl (C=O) groups excluding carboxylic acids is 2. The maximum absolute atomic E-state index is 14.2. The second-order valence-electron chi connectivity index (χ2n) is 22.0. The average molecular weight is 1040 g/mol. The lowest BCUT2D eigenvalue weighted by Gasteiger charge is -2.60. The fraction of sp³-hybridized carbons (Fsp3) is 0.600. The predicted octanol–water partition coefficient (Wildman–Crippen LogP) is 5.90. The smallest absolute Gasteiger partial charge is 0.351 e. The van der Waals surface area contributed by atoms with Gasteiger partial charge in [-0.2, -0.15) is 0 Å². The van der Waals surface area contributed by atoms with Gasteiger partial charge in [-0.05, 0) is 118 Å². The number of nitrogens with zero attached hydrogens (tertiary/aromatic N) is 3. The summed E-state index contributed by atoms with van der Waals surface area (Å²) in [5, 5.41) is 59.1. The number of esters is 2. The fourth-order valence-corrected chi connectivity index (χ4v) is 14.7. The number of hydroxylamine groups is 2. The summed E-state index contributed by atoms with van der Waals surface area (Å²) in [4.78, 5) is 67.5. The molecule has 5 heterocycles. The summed E-state index contributed by atoms with van der Waals surface area (Å²) in [5.41, 5.74) is -1.10. The van der Waals surface area contributed by atoms with Crippen LogP contribution in [0.3, 0.4) is 0 Å². The molecule has 5 aliphatic heterocycles. The summed E-state index contributed by atoms with van der Waals surface area (Å²) in [6.45, 7) is 12.1. The quantitative estimate of drug-likeness (QED) is 0.101. The van der Waals surface area contributed by atoms with Crippen LogP contribution in [0.4, 0.5) is 11.4 Å². The minimum Gasteiger partial charge on any atom is -0.480 e. The zero-order valence-corrected chi connectivity index (χ0v) is 43.6. The Bertz CT molecular complexity index is 2620. The van der Waals surface area contributed by atoms with Crippen molar-refractivity contribution in [2.24, 2.45) is 47.3 Å². The molecule has 8 aliphatic rings. The Morgan fingerprint density at radius 2 is 1.74 bits per heavy atom. The molecule has 2 aromatic carbocycles. The minimum absolute atomic E-state index is 0.0291. The third-order valence-corrected chi connectivity index (χ3v) is 18.1. The van der Waals surface area contributed by atoms with Crippen LogP contribution in [0.25, 0.3) is 0 Å². The number of hydrogen-bond donors (Lipinski definition) is 6. The number of piperidine rings is 1. The molecule has 74 heavy (non-hydrogen) atoms. The van der Waals surface area contributed by atoms with Crippen LogP contribution < -0.4 is 20.8 Å². The number of aliphatic hydroxyl groups is 2. The van der Waals surface area contributed by atoms with Crippen LogP contribution in [0.2, 0.25) is 5.02 Å². The number of carboxylic acids is 2. The van der Waals surface area contributed by atoms with Crippen LogP contribution in [0, 0.1) is 47.3 Å². The molecule has 19 heteroatoms. The highest BCUT2D eigenvalue weighted by Crippen LogP contribution is 2.63. The zero-order chi connectivity index (χ0) is 52.5. The van der Waals surface area contributed by atoms with Gasteiger partial charge in [0.15, 0.2) is 12.5 Å². The number of aliphatic carboxylic acids is 2. The Morgan fingerprint density at radius 3 is 2.46 bits per heavy atom. The molecule has 0 bridgehead atoms. The number of rotatable bonds is 13. The van der Waals surface area contributed by atoms with Crippen LogP contribution in [0.15, 0.2) is 72.0 Å². The number of nitrogens with one attached hydrogen (secondary N) is 2. The maximum atomic E-state index is 14.2. The number of hydrogen-bond acceptors (Lipinski definition) is 16. The van der Waals surface area contributed by atoms with E-state index in [0.717, 1.165) is 44.5 Å². The van der Waals surface area contributed by atoms with Crippen LogP contribution in [-0.2, 0) is 50.5 Å². The van der Waals surface area contributed by atoms with Gasteiger partial charge in [0.2, 0.25) is 0 Å². The number of anilines is 2. The SMILES string of the molecule is CCOC(=O)c1cccc(COC2CCN(CC(C)[C@@H]3CC[C@@H](C)[C@]4(O)C([C@@H]5[C@@H](C(=O)O)N[C@@H]6ON(C)c7c(Cl)ccc(N8OC9NC(C(=O)O)=CC9C9CC=CCC98)c7[C@@]65O)C(OC(C)=O)C(C)=C[C@H]34)CC2)c1. The van der Waals surface area contributed by atoms with Gasteiger partial charge in [0, 0.05) is 62.8 Å². The van der Waals surface area contributed by atoms with Gasteiger partial charge in [-0.15, -0.1) is 0 Å². The van der Waals surface area contributed by atoms with E-state index in [0.29, 0.717) is 49.3 Å². The largest absolute Gasteiger partial charge is 0.480 e. The standard InChI is InChI=1S/C55H70ClN5O13/c1-7-70-52(67)33-12-10-11-32(24-33)27-71-34-19-21-60(22-20-34)26-29(3)35-16-15-30(4)54(68)38(35)23-28(2)48(72-31(5)62)45(54)44-46(51(65)66)58-53-55(44,69)43-42(18-17-39(56)47(43)59(6)74-53)61-41-14-9-8-13-36(41)37-25-40(50(63)64)57-49(37)73-61/h8-12,17-18,23-25,29-30,34-38,41,44-46,48-49,53,57-58,68-69H,7,13-16,19-22,26-27H2,1-6H3,(H,63,64)(H,65,66)/t29?,30-,35+,36?,37?,38-,41?,44-,45?,46+,48?,49?,53-,54-,55+/m1/s1. The Morgan fingerprint density at radius 1 is 0.986 bits per heavy atom. The average Bonchev–Trinajstić information content (AvgIpc) is 3.98. The summed E-state index contributed by atoms with van der Waals surface area (Å²) in [6.07, 6.45) is 8.71. The van der Waals surface area contributed by atoms with E-state index >= 15 is 0 Å². The number of allylic oxidation sites excluding steroid dienone is 1. The first-order chi connectivity index (χ1) is 35.3. The Hall–Kier alpha value is -5.05. The molecule has 0 radical (unpaired) electrons. The van der Waals surface area contributed by atoms with Crippen LogP contribution in [-0.4, -0.2) is 125 Å². The molecule has 0 amide bonds. The molecule has 0 aromatic heterocycles. The molecule has 4 fully saturated rings. The van der Waals surface area contributed by atoms with Crippen LogP contribution >= 0.6 is 11.6 Å². The molecular weight excluding hydrogens is 974 g/mol. The summed E-state index contributed by atoms with van der Waals surface area (Å²) in [7, 11) is 1.62. The summed E-state index contributed by atoms with van der Waals surface area (Å²) >= 11 is 7.12. The van der Waals surface area contributed by atoms with Crippen molar-refractivity contribution in [2.75, 3.05) is 43.4 Å². The van der Waals surface area contributed by atoms with E-state index in [1.165, 1.54) is 12.0 Å². The lowest BCUT2D eigenvalue weighted by atomic mass is 9.49. The van der Waals surface area contributed by atoms with Crippen molar-refractivity contribution in [2.45, 2.75) is 128 Å². The van der Waals surface area contributed by atoms with E-state index in [2.05, 4.69) is 28.5 Å². The molecule has 3 saturated heterocycles. The molecule has 6 N–H and O–H groups in total. The van der Waals surface area contributed by atoms with Crippen molar-refractivity contribution in [3.63, 3.8) is 0 Å². The first-order valence-corrected chi connectivity index (χ1v) is 26.7. The van der Waals surface area contributed by atoms with Crippen molar-refractivity contribution in [3.05, 3.63) is 93.7 Å². The fourth-order valence-electron chi connectivity index (χ4n) is 14.4. The van der Waals surface area contributed by atoms with Crippen molar-refractivity contribution in [3.8, 4) is 0 Å². The highest BCUT2D eigenvalue weighted by Gasteiger charge is 2.72. The van der Waals surface area contributed by atoms with E-state index in [1.807, 2.05) is 44.2 Å². The second kappa shape index (κ2) is 20.5. The van der Waals surface area contributed by atoms with Gasteiger partial charge >= 0.3 is 23.9 Å². The number of ether oxygens (including phenoxy) is 3. The lowest BCUT2D eigenvalue weighted by molar-refractivity contribution is -0.228. The van der Waals surface area contributed by atoms with Crippen molar-refractivity contribution < 1.29 is 63.5 Å². The normalized spacial score (nSPS) is 36.0. The molecule has 0 spiro atoms. The minimum atomic E-state index is -2.28. The van der Waals surface area contributed by atoms with E-state index in [4.69, 9.17) is 35.5 Å². The number of carboxylic acid groups (broad SMARTS) is 2. The highest BCUT2D eigenvalue weighted by atomic mass is 35.5. The van der Waals surface area contributed by atoms with Crippen LogP contribution in [0.5, 0.6) is 0 Å². The topological polar surface area (TPSA) is 229 Å². The Balaban J connectivity index is 0.978. The van der Waals surface area contributed by atoms with Crippen molar-refractivity contribution >= 4 is 46.9 Å². The number of halogens is 1. The van der Waals surface area contributed by atoms with Gasteiger partial charge in [0.25, 0.3) is 0 Å². The van der Waals surface area contributed by atoms with E-state index in [-0.39, 0.29) is 63.8 Å². The summed E-state index contributed by atoms with van der Waals surface area (Å²) < 4.78 is 17.8. The van der Waals surface area contributed by atoms with E-state index in [9.17, 15) is 39.6 Å². The molecule has 18 nitrogen and oxygen atoms in total. The molecule has 10 rings (SSSR count). The number of benzene rings is 2. The summed E-state index contributed by atoms with van der Waals surface area (Å²) in [5.74, 6) is -7.43. The number of likely N-dealkylation sites (tertiary alicyclic amines) is 1. The molecule has 15 atom stereocenters. The number of fused-ring (bicyclic) bond motifs is 7. The second-order valence-corrected chi connectivity index (χ2v) is 22.4. The predicted molar refractivity (Wildman–Crippen MR) is 271 cm³/mol. The lowest BCUT2D eigenvalue weighted by Crippen LogP contribution is -2.67. The molecule has 400 valence electrons. The first kappa shape index (κ1) is 52.4. The number of carbonyl (C=O) groups is 4. The van der Waals surface area contributed by atoms with Crippen LogP contribution in [0.1, 0.15) is 94.6 Å². The Kier molecular flexibility index (Phi) is 14.5.